The fourth-order valence-electron chi connectivity index (χ4n) is 2.24. The van der Waals surface area contributed by atoms with Gasteiger partial charge in [-0.15, -0.1) is 0 Å². The zero-order valence-corrected chi connectivity index (χ0v) is 12.3. The third-order valence-electron chi connectivity index (χ3n) is 2.91. The highest BCUT2D eigenvalue weighted by Crippen LogP contribution is 2.08. The number of nitrogens with one attached hydrogen (secondary N) is 1. The maximum atomic E-state index is 4.49. The number of aromatic nitrogens is 1. The number of nitrogens with zero attached hydrogens (tertiary/aromatic N) is 2. The van der Waals surface area contributed by atoms with E-state index in [1.54, 1.807) is 0 Å². The summed E-state index contributed by atoms with van der Waals surface area (Å²) < 4.78 is 0. The number of pyridine rings is 1. The van der Waals surface area contributed by atoms with Crippen LogP contribution >= 0.6 is 0 Å². The van der Waals surface area contributed by atoms with Crippen LogP contribution in [0.25, 0.3) is 0 Å². The number of rotatable bonds is 8. The summed E-state index contributed by atoms with van der Waals surface area (Å²) in [7, 11) is 0. The lowest BCUT2D eigenvalue weighted by molar-refractivity contribution is 0.285. The van der Waals surface area contributed by atoms with Crippen LogP contribution in [0.2, 0.25) is 0 Å². The van der Waals surface area contributed by atoms with E-state index in [4.69, 9.17) is 0 Å². The van der Waals surface area contributed by atoms with Crippen molar-refractivity contribution in [3.05, 3.63) is 23.4 Å². The van der Waals surface area contributed by atoms with E-state index >= 15 is 0 Å². The molecule has 0 spiro atoms. The topological polar surface area (TPSA) is 28.2 Å². The summed E-state index contributed by atoms with van der Waals surface area (Å²) in [6.45, 7) is 13.1. The van der Waals surface area contributed by atoms with Crippen molar-refractivity contribution in [3.8, 4) is 0 Å². The molecule has 1 aromatic heterocycles. The summed E-state index contributed by atoms with van der Waals surface area (Å²) in [4.78, 5) is 7.00. The summed E-state index contributed by atoms with van der Waals surface area (Å²) >= 11 is 0. The Labute approximate surface area is 112 Å². The molecule has 1 aromatic rings. The molecule has 0 atom stereocenters. The minimum absolute atomic E-state index is 0.968. The van der Waals surface area contributed by atoms with Crippen LogP contribution in [0.3, 0.4) is 0 Å². The van der Waals surface area contributed by atoms with Crippen LogP contribution in [-0.4, -0.2) is 36.1 Å². The lowest BCUT2D eigenvalue weighted by Gasteiger charge is -2.21. The van der Waals surface area contributed by atoms with Gasteiger partial charge in [0, 0.05) is 18.8 Å². The average Bonchev–Trinajstić information content (AvgIpc) is 2.28. The van der Waals surface area contributed by atoms with Crippen LogP contribution in [0.4, 0.5) is 5.82 Å². The van der Waals surface area contributed by atoms with Gasteiger partial charge in [0.2, 0.25) is 0 Å². The first-order chi connectivity index (χ1) is 8.65. The number of hydrogen-bond donors (Lipinski definition) is 1. The fraction of sp³-hybridized carbons (Fsp3) is 0.667. The Morgan fingerprint density at radius 2 is 1.72 bits per heavy atom. The van der Waals surface area contributed by atoms with Crippen molar-refractivity contribution >= 4 is 5.82 Å². The Bertz CT molecular complexity index is 323. The summed E-state index contributed by atoms with van der Waals surface area (Å²) in [5, 5.41) is 3.42. The van der Waals surface area contributed by atoms with Crippen LogP contribution in [0.1, 0.15) is 37.9 Å². The Morgan fingerprint density at radius 1 is 1.06 bits per heavy atom. The molecule has 0 aliphatic heterocycles. The maximum absolute atomic E-state index is 4.49. The van der Waals surface area contributed by atoms with E-state index in [1.165, 1.54) is 31.5 Å². The van der Waals surface area contributed by atoms with E-state index in [0.29, 0.717) is 0 Å². The fourth-order valence-corrected chi connectivity index (χ4v) is 2.24. The predicted molar refractivity (Wildman–Crippen MR) is 79.2 cm³/mol. The van der Waals surface area contributed by atoms with Gasteiger partial charge in [-0.1, -0.05) is 13.8 Å². The molecule has 0 aliphatic rings. The lowest BCUT2D eigenvalue weighted by Crippen LogP contribution is -2.30. The molecule has 0 saturated heterocycles. The molecule has 0 aromatic carbocycles. The summed E-state index contributed by atoms with van der Waals surface area (Å²) in [5.74, 6) is 1.00. The van der Waals surface area contributed by atoms with Gasteiger partial charge in [-0.05, 0) is 57.5 Å². The van der Waals surface area contributed by atoms with Crippen molar-refractivity contribution < 1.29 is 0 Å². The second-order valence-electron chi connectivity index (χ2n) is 4.94. The zero-order chi connectivity index (χ0) is 13.4. The van der Waals surface area contributed by atoms with Crippen molar-refractivity contribution in [2.24, 2.45) is 0 Å². The van der Waals surface area contributed by atoms with Crippen LogP contribution in [0.15, 0.2) is 12.1 Å². The van der Waals surface area contributed by atoms with E-state index in [-0.39, 0.29) is 0 Å². The molecular formula is C15H27N3. The minimum Gasteiger partial charge on any atom is -0.369 e. The van der Waals surface area contributed by atoms with Gasteiger partial charge in [-0.25, -0.2) is 4.98 Å². The molecule has 0 amide bonds. The number of aryl methyl sites for hydroxylation is 2. The molecule has 0 unspecified atom stereocenters. The van der Waals surface area contributed by atoms with Crippen LogP contribution in [0, 0.1) is 13.8 Å². The molecule has 1 N–H and O–H groups in total. The Hall–Kier alpha value is -1.09. The molecule has 0 aliphatic carbocycles. The molecule has 0 fully saturated rings. The van der Waals surface area contributed by atoms with E-state index in [2.05, 4.69) is 48.1 Å². The molecular weight excluding hydrogens is 222 g/mol. The third kappa shape index (κ3) is 5.50. The van der Waals surface area contributed by atoms with Crippen molar-refractivity contribution in [2.45, 2.75) is 40.5 Å². The highest BCUT2D eigenvalue weighted by Gasteiger charge is 2.02. The van der Waals surface area contributed by atoms with E-state index < -0.39 is 0 Å². The van der Waals surface area contributed by atoms with Gasteiger partial charge in [0.25, 0.3) is 0 Å². The largest absolute Gasteiger partial charge is 0.369 e. The molecule has 18 heavy (non-hydrogen) atoms. The SMILES string of the molecule is CCCN(CCC)CCNc1cc(C)cc(C)n1. The van der Waals surface area contributed by atoms with Gasteiger partial charge in [0.15, 0.2) is 0 Å². The quantitative estimate of drug-likeness (QED) is 0.766. The minimum atomic E-state index is 0.968. The van der Waals surface area contributed by atoms with Gasteiger partial charge in [0.05, 0.1) is 0 Å². The normalized spacial score (nSPS) is 10.9. The van der Waals surface area contributed by atoms with E-state index in [0.717, 1.165) is 24.6 Å². The zero-order valence-electron chi connectivity index (χ0n) is 12.3. The molecule has 0 saturated carbocycles. The first-order valence-electron chi connectivity index (χ1n) is 7.07. The summed E-state index contributed by atoms with van der Waals surface area (Å²) in [5.41, 5.74) is 2.35. The maximum Gasteiger partial charge on any atom is 0.126 e. The number of anilines is 1. The van der Waals surface area contributed by atoms with Gasteiger partial charge in [0.1, 0.15) is 5.82 Å². The standard InChI is InChI=1S/C15H27N3/c1-5-8-18(9-6-2)10-7-16-15-12-13(3)11-14(4)17-15/h11-12H,5-10H2,1-4H3,(H,16,17). The van der Waals surface area contributed by atoms with Crippen molar-refractivity contribution in [2.75, 3.05) is 31.5 Å². The molecule has 0 radical (unpaired) electrons. The second kappa shape index (κ2) is 8.09. The van der Waals surface area contributed by atoms with Gasteiger partial charge in [-0.3, -0.25) is 0 Å². The summed E-state index contributed by atoms with van der Waals surface area (Å²) in [6.07, 6.45) is 2.45. The Morgan fingerprint density at radius 3 is 2.28 bits per heavy atom. The Balaban J connectivity index is 2.39. The molecule has 1 heterocycles. The highest BCUT2D eigenvalue weighted by molar-refractivity contribution is 5.38. The van der Waals surface area contributed by atoms with E-state index in [9.17, 15) is 0 Å². The second-order valence-corrected chi connectivity index (χ2v) is 4.94. The van der Waals surface area contributed by atoms with E-state index in [1.807, 2.05) is 6.92 Å². The van der Waals surface area contributed by atoms with Crippen LogP contribution in [0.5, 0.6) is 0 Å². The number of hydrogen-bond acceptors (Lipinski definition) is 3. The van der Waals surface area contributed by atoms with Gasteiger partial charge >= 0.3 is 0 Å². The molecule has 0 bridgehead atoms. The molecule has 3 nitrogen and oxygen atoms in total. The van der Waals surface area contributed by atoms with Gasteiger partial charge in [-0.2, -0.15) is 0 Å². The first-order valence-corrected chi connectivity index (χ1v) is 7.07. The van der Waals surface area contributed by atoms with Crippen molar-refractivity contribution in [3.63, 3.8) is 0 Å². The smallest absolute Gasteiger partial charge is 0.126 e. The molecule has 1 rings (SSSR count). The monoisotopic (exact) mass is 249 g/mol. The average molecular weight is 249 g/mol. The summed E-state index contributed by atoms with van der Waals surface area (Å²) in [6, 6.07) is 4.21. The third-order valence-corrected chi connectivity index (χ3v) is 2.91. The van der Waals surface area contributed by atoms with Crippen LogP contribution < -0.4 is 5.32 Å². The van der Waals surface area contributed by atoms with Crippen molar-refractivity contribution in [1.29, 1.82) is 0 Å². The Kier molecular flexibility index (Phi) is 6.73. The predicted octanol–water partition coefficient (Wildman–Crippen LogP) is 3.23. The van der Waals surface area contributed by atoms with Crippen molar-refractivity contribution in [1.82, 2.24) is 9.88 Å². The lowest BCUT2D eigenvalue weighted by atomic mass is 10.2. The molecule has 102 valence electrons. The van der Waals surface area contributed by atoms with Gasteiger partial charge < -0.3 is 10.2 Å². The highest BCUT2D eigenvalue weighted by atomic mass is 15.1. The van der Waals surface area contributed by atoms with Crippen LogP contribution in [-0.2, 0) is 0 Å². The first kappa shape index (κ1) is 15.0. The molecule has 3 heteroatoms.